The molecule has 29 heavy (non-hydrogen) atoms. The summed E-state index contributed by atoms with van der Waals surface area (Å²) in [7, 11) is 4.44. The Morgan fingerprint density at radius 3 is 2.31 bits per heavy atom. The highest BCUT2D eigenvalue weighted by atomic mass is 16.6. The zero-order chi connectivity index (χ0) is 21.1. The van der Waals surface area contributed by atoms with Crippen molar-refractivity contribution in [1.29, 1.82) is 0 Å². The Labute approximate surface area is 166 Å². The zero-order valence-corrected chi connectivity index (χ0v) is 16.2. The van der Waals surface area contributed by atoms with Crippen LogP contribution in [0.3, 0.4) is 0 Å². The van der Waals surface area contributed by atoms with Gasteiger partial charge in [0.05, 0.1) is 26.3 Å². The molecule has 0 saturated heterocycles. The molecule has 2 aromatic rings. The summed E-state index contributed by atoms with van der Waals surface area (Å²) in [6.45, 7) is 1.34. The molecule has 10 heteroatoms. The summed E-state index contributed by atoms with van der Waals surface area (Å²) in [6.07, 6.45) is -0.907. The van der Waals surface area contributed by atoms with Crippen molar-refractivity contribution in [3.05, 3.63) is 57.6 Å². The molecule has 10 nitrogen and oxygen atoms in total. The Morgan fingerprint density at radius 1 is 1.14 bits per heavy atom. The largest absolute Gasteiger partial charge is 0.493 e. The minimum atomic E-state index is -0.907. The number of carbonyl (C=O) groups is 1. The summed E-state index contributed by atoms with van der Waals surface area (Å²) in [6, 6.07) is 9.11. The average Bonchev–Trinajstić information content (AvgIpc) is 3.18. The highest BCUT2D eigenvalue weighted by Gasteiger charge is 2.35. The van der Waals surface area contributed by atoms with E-state index in [0.717, 1.165) is 5.01 Å². The second-order valence-electron chi connectivity index (χ2n) is 6.01. The fraction of sp³-hybridized carbons (Fsp3) is 0.263. The second kappa shape index (κ2) is 8.05. The molecule has 0 aromatic heterocycles. The van der Waals surface area contributed by atoms with Crippen molar-refractivity contribution in [2.24, 2.45) is 5.10 Å². The number of hydrogen-bond acceptors (Lipinski definition) is 8. The highest BCUT2D eigenvalue weighted by molar-refractivity contribution is 5.96. The molecule has 1 heterocycles. The first-order chi connectivity index (χ1) is 13.9. The molecule has 152 valence electrons. The van der Waals surface area contributed by atoms with Gasteiger partial charge in [0, 0.05) is 30.2 Å². The van der Waals surface area contributed by atoms with E-state index in [-0.39, 0.29) is 17.5 Å². The number of carbonyl (C=O) groups excluding carboxylic acids is 1. The zero-order valence-electron chi connectivity index (χ0n) is 16.2. The highest BCUT2D eigenvalue weighted by Crippen LogP contribution is 2.42. The standard InChI is InChI=1S/C19H19N3O7/c1-11(23)21-19(13-9-15(26-2)17(28-4)16(10-13)27-3)29-18(20-21)12-6-5-7-14(8-12)22(24)25/h5-10,19H,1-4H3/t19-/m1/s1. The van der Waals surface area contributed by atoms with Crippen molar-refractivity contribution >= 4 is 17.5 Å². The van der Waals surface area contributed by atoms with Crippen molar-refractivity contribution < 1.29 is 28.7 Å². The Hall–Kier alpha value is -3.82. The normalized spacial score (nSPS) is 15.4. The van der Waals surface area contributed by atoms with Gasteiger partial charge in [-0.3, -0.25) is 14.9 Å². The molecule has 0 aliphatic carbocycles. The summed E-state index contributed by atoms with van der Waals surface area (Å²) in [4.78, 5) is 22.7. The van der Waals surface area contributed by atoms with Crippen LogP contribution in [0, 0.1) is 10.1 Å². The third kappa shape index (κ3) is 3.77. The first-order valence-electron chi connectivity index (χ1n) is 8.49. The molecule has 1 atom stereocenters. The van der Waals surface area contributed by atoms with Crippen LogP contribution in [-0.4, -0.2) is 43.1 Å². The van der Waals surface area contributed by atoms with Crippen molar-refractivity contribution in [2.45, 2.75) is 13.2 Å². The second-order valence-corrected chi connectivity index (χ2v) is 6.01. The number of rotatable bonds is 6. The van der Waals surface area contributed by atoms with Gasteiger partial charge in [0.2, 0.25) is 23.8 Å². The number of hydrogen-bond donors (Lipinski definition) is 0. The quantitative estimate of drug-likeness (QED) is 0.540. The molecule has 0 N–H and O–H groups in total. The van der Waals surface area contributed by atoms with Crippen LogP contribution >= 0.6 is 0 Å². The van der Waals surface area contributed by atoms with E-state index in [1.54, 1.807) is 18.2 Å². The van der Waals surface area contributed by atoms with Gasteiger partial charge in [-0.15, -0.1) is 5.10 Å². The molecule has 1 amide bonds. The van der Waals surface area contributed by atoms with E-state index in [2.05, 4.69) is 5.10 Å². The molecular weight excluding hydrogens is 382 g/mol. The van der Waals surface area contributed by atoms with Crippen LogP contribution in [0.2, 0.25) is 0 Å². The molecule has 0 bridgehead atoms. The third-order valence-corrected chi connectivity index (χ3v) is 4.24. The maximum Gasteiger partial charge on any atom is 0.270 e. The van der Waals surface area contributed by atoms with E-state index in [0.29, 0.717) is 28.4 Å². The van der Waals surface area contributed by atoms with Crippen LogP contribution in [0.15, 0.2) is 41.5 Å². The number of nitro benzene ring substituents is 1. The number of amides is 1. The Balaban J connectivity index is 2.03. The van der Waals surface area contributed by atoms with Gasteiger partial charge in [0.15, 0.2) is 11.5 Å². The molecule has 3 rings (SSSR count). The molecule has 0 fully saturated rings. The lowest BCUT2D eigenvalue weighted by Gasteiger charge is -2.21. The third-order valence-electron chi connectivity index (χ3n) is 4.24. The van der Waals surface area contributed by atoms with E-state index in [4.69, 9.17) is 18.9 Å². The number of nitrogens with zero attached hydrogens (tertiary/aromatic N) is 3. The van der Waals surface area contributed by atoms with E-state index in [9.17, 15) is 14.9 Å². The Bertz CT molecular complexity index is 965. The van der Waals surface area contributed by atoms with E-state index in [1.807, 2.05) is 0 Å². The van der Waals surface area contributed by atoms with Gasteiger partial charge in [-0.2, -0.15) is 5.01 Å². The molecule has 1 aliphatic heterocycles. The maximum absolute atomic E-state index is 12.2. The smallest absolute Gasteiger partial charge is 0.270 e. The number of nitro groups is 1. The van der Waals surface area contributed by atoms with Crippen molar-refractivity contribution in [3.8, 4) is 17.2 Å². The average molecular weight is 401 g/mol. The van der Waals surface area contributed by atoms with Gasteiger partial charge in [-0.25, -0.2) is 0 Å². The van der Waals surface area contributed by atoms with Crippen molar-refractivity contribution in [3.63, 3.8) is 0 Å². The fourth-order valence-electron chi connectivity index (χ4n) is 2.90. The summed E-state index contributed by atoms with van der Waals surface area (Å²) >= 11 is 0. The van der Waals surface area contributed by atoms with E-state index >= 15 is 0 Å². The Morgan fingerprint density at radius 2 is 1.79 bits per heavy atom. The van der Waals surface area contributed by atoms with Crippen LogP contribution < -0.4 is 14.2 Å². The first-order valence-corrected chi connectivity index (χ1v) is 8.49. The van der Waals surface area contributed by atoms with Crippen LogP contribution in [-0.2, 0) is 9.53 Å². The summed E-state index contributed by atoms with van der Waals surface area (Å²) in [5.41, 5.74) is 0.790. The van der Waals surface area contributed by atoms with Gasteiger partial charge in [0.1, 0.15) is 0 Å². The first kappa shape index (κ1) is 19.9. The lowest BCUT2D eigenvalue weighted by atomic mass is 10.1. The van der Waals surface area contributed by atoms with Gasteiger partial charge in [0.25, 0.3) is 5.69 Å². The van der Waals surface area contributed by atoms with Gasteiger partial charge in [-0.05, 0) is 18.2 Å². The maximum atomic E-state index is 12.2. The predicted octanol–water partition coefficient (Wildman–Crippen LogP) is 2.86. The molecule has 0 unspecified atom stereocenters. The monoisotopic (exact) mass is 401 g/mol. The van der Waals surface area contributed by atoms with Gasteiger partial charge in [-0.1, -0.05) is 6.07 Å². The topological polar surface area (TPSA) is 113 Å². The SMILES string of the molecule is COc1cc([C@H]2OC(c3cccc([N+](=O)[O-])c3)=NN2C(C)=O)cc(OC)c1OC. The molecule has 0 radical (unpaired) electrons. The molecule has 0 saturated carbocycles. The van der Waals surface area contributed by atoms with Crippen LogP contribution in [0.4, 0.5) is 5.69 Å². The predicted molar refractivity (Wildman–Crippen MR) is 102 cm³/mol. The minimum absolute atomic E-state index is 0.0858. The number of ether oxygens (including phenoxy) is 4. The lowest BCUT2D eigenvalue weighted by molar-refractivity contribution is -0.384. The molecule has 1 aliphatic rings. The summed E-state index contributed by atoms with van der Waals surface area (Å²) < 4.78 is 21.9. The van der Waals surface area contributed by atoms with Crippen LogP contribution in [0.1, 0.15) is 24.3 Å². The van der Waals surface area contributed by atoms with Crippen LogP contribution in [0.25, 0.3) is 0 Å². The minimum Gasteiger partial charge on any atom is -0.493 e. The van der Waals surface area contributed by atoms with Crippen molar-refractivity contribution in [1.82, 2.24) is 5.01 Å². The summed E-state index contributed by atoms with van der Waals surface area (Å²) in [5.74, 6) is 0.883. The fourth-order valence-corrected chi connectivity index (χ4v) is 2.90. The summed E-state index contributed by atoms with van der Waals surface area (Å²) in [5, 5.41) is 16.4. The van der Waals surface area contributed by atoms with E-state index in [1.165, 1.54) is 46.5 Å². The van der Waals surface area contributed by atoms with Gasteiger partial charge < -0.3 is 18.9 Å². The van der Waals surface area contributed by atoms with E-state index < -0.39 is 11.2 Å². The molecule has 0 spiro atoms. The molecule has 2 aromatic carbocycles. The number of non-ortho nitro benzene ring substituents is 1. The number of methoxy groups -OCH3 is 3. The lowest BCUT2D eigenvalue weighted by Crippen LogP contribution is -2.25. The van der Waals surface area contributed by atoms with Crippen LogP contribution in [0.5, 0.6) is 17.2 Å². The molecular formula is C19H19N3O7. The van der Waals surface area contributed by atoms with Gasteiger partial charge >= 0.3 is 0 Å². The Kier molecular flexibility index (Phi) is 5.53. The van der Waals surface area contributed by atoms with Crippen molar-refractivity contribution in [2.75, 3.05) is 21.3 Å². The number of benzene rings is 2. The number of hydrazone groups is 1.